The number of hydrogen-bond donors (Lipinski definition) is 1. The lowest BCUT2D eigenvalue weighted by Gasteiger charge is -2.26. The van der Waals surface area contributed by atoms with E-state index < -0.39 is 11.4 Å². The number of hydrogen-bond acceptors (Lipinski definition) is 2. The van der Waals surface area contributed by atoms with Gasteiger partial charge in [0.2, 0.25) is 0 Å². The van der Waals surface area contributed by atoms with Gasteiger partial charge in [-0.25, -0.2) is 0 Å². The Bertz CT molecular complexity index is 586. The molecule has 1 N–H and O–H groups in total. The molecule has 1 atom stereocenters. The Morgan fingerprint density at radius 1 is 1.32 bits per heavy atom. The Labute approximate surface area is 120 Å². The molecule has 0 aliphatic rings. The first-order chi connectivity index (χ1) is 9.04. The standard InChI is InChI=1S/C15H14BrNO2/c1-15(14(18)19,9-11-5-4-8-17-10-11)12-6-2-3-7-13(12)16/h2-8,10H,9H2,1H3,(H,18,19). The fourth-order valence-electron chi connectivity index (χ4n) is 2.11. The molecule has 0 spiro atoms. The molecule has 0 saturated carbocycles. The van der Waals surface area contributed by atoms with Crippen molar-refractivity contribution in [1.29, 1.82) is 0 Å². The van der Waals surface area contributed by atoms with Crippen molar-refractivity contribution in [1.82, 2.24) is 4.98 Å². The van der Waals surface area contributed by atoms with E-state index in [1.54, 1.807) is 19.3 Å². The lowest BCUT2D eigenvalue weighted by molar-refractivity contribution is -0.143. The molecule has 1 heterocycles. The minimum Gasteiger partial charge on any atom is -0.481 e. The molecule has 4 heteroatoms. The van der Waals surface area contributed by atoms with E-state index in [-0.39, 0.29) is 0 Å². The molecule has 98 valence electrons. The Balaban J connectivity index is 2.45. The molecule has 0 radical (unpaired) electrons. The van der Waals surface area contributed by atoms with Crippen molar-refractivity contribution in [2.45, 2.75) is 18.8 Å². The third kappa shape index (κ3) is 2.84. The molecule has 0 amide bonds. The first-order valence-electron chi connectivity index (χ1n) is 5.91. The quantitative estimate of drug-likeness (QED) is 0.939. The minimum absolute atomic E-state index is 0.402. The van der Waals surface area contributed by atoms with E-state index in [2.05, 4.69) is 20.9 Å². The van der Waals surface area contributed by atoms with Crippen LogP contribution in [-0.4, -0.2) is 16.1 Å². The molecule has 3 nitrogen and oxygen atoms in total. The molecule has 19 heavy (non-hydrogen) atoms. The van der Waals surface area contributed by atoms with Crippen LogP contribution in [0.1, 0.15) is 18.1 Å². The second-order valence-electron chi connectivity index (χ2n) is 4.66. The van der Waals surface area contributed by atoms with Crippen LogP contribution in [0.15, 0.2) is 53.3 Å². The fourth-order valence-corrected chi connectivity index (χ4v) is 2.83. The predicted octanol–water partition coefficient (Wildman–Crippen LogP) is 3.43. The third-order valence-corrected chi connectivity index (χ3v) is 3.91. The molecule has 0 aliphatic carbocycles. The Morgan fingerprint density at radius 3 is 2.63 bits per heavy atom. The second-order valence-corrected chi connectivity index (χ2v) is 5.51. The highest BCUT2D eigenvalue weighted by Gasteiger charge is 2.36. The maximum Gasteiger partial charge on any atom is 0.314 e. The van der Waals surface area contributed by atoms with Crippen LogP contribution in [0.25, 0.3) is 0 Å². The average Bonchev–Trinajstić information content (AvgIpc) is 2.40. The molecule has 0 saturated heterocycles. The van der Waals surface area contributed by atoms with Gasteiger partial charge in [-0.2, -0.15) is 0 Å². The number of halogens is 1. The van der Waals surface area contributed by atoms with Gasteiger partial charge in [-0.1, -0.05) is 40.2 Å². The minimum atomic E-state index is -0.983. The van der Waals surface area contributed by atoms with E-state index in [1.165, 1.54) is 0 Å². The summed E-state index contributed by atoms with van der Waals surface area (Å²) >= 11 is 3.43. The first-order valence-corrected chi connectivity index (χ1v) is 6.70. The summed E-state index contributed by atoms with van der Waals surface area (Å²) in [5.41, 5.74) is 0.692. The van der Waals surface area contributed by atoms with Gasteiger partial charge in [0.05, 0.1) is 5.41 Å². The van der Waals surface area contributed by atoms with Gasteiger partial charge in [0.25, 0.3) is 0 Å². The monoisotopic (exact) mass is 319 g/mol. The zero-order chi connectivity index (χ0) is 13.9. The van der Waals surface area contributed by atoms with Gasteiger partial charge < -0.3 is 5.11 Å². The van der Waals surface area contributed by atoms with Crippen molar-refractivity contribution in [3.8, 4) is 0 Å². The number of nitrogens with zero attached hydrogens (tertiary/aromatic N) is 1. The maximum atomic E-state index is 11.7. The average molecular weight is 320 g/mol. The van der Waals surface area contributed by atoms with E-state index in [4.69, 9.17) is 0 Å². The number of aliphatic carboxylic acids is 1. The first kappa shape index (κ1) is 13.7. The van der Waals surface area contributed by atoms with E-state index >= 15 is 0 Å². The van der Waals surface area contributed by atoms with Gasteiger partial charge in [0, 0.05) is 16.9 Å². The van der Waals surface area contributed by atoms with Gasteiger partial charge in [0.15, 0.2) is 0 Å². The third-order valence-electron chi connectivity index (χ3n) is 3.22. The molecule has 0 bridgehead atoms. The van der Waals surface area contributed by atoms with Crippen LogP contribution in [0.2, 0.25) is 0 Å². The highest BCUT2D eigenvalue weighted by molar-refractivity contribution is 9.10. The number of carboxylic acids is 1. The summed E-state index contributed by atoms with van der Waals surface area (Å²) in [7, 11) is 0. The SMILES string of the molecule is CC(Cc1cccnc1)(C(=O)O)c1ccccc1Br. The summed E-state index contributed by atoms with van der Waals surface area (Å²) in [6.45, 7) is 1.74. The van der Waals surface area contributed by atoms with E-state index in [1.807, 2.05) is 36.4 Å². The van der Waals surface area contributed by atoms with Crippen molar-refractivity contribution in [2.24, 2.45) is 0 Å². The number of carboxylic acid groups (broad SMARTS) is 1. The topological polar surface area (TPSA) is 50.2 Å². The highest BCUT2D eigenvalue weighted by atomic mass is 79.9. The predicted molar refractivity (Wildman–Crippen MR) is 77.1 cm³/mol. The van der Waals surface area contributed by atoms with Gasteiger partial charge in [-0.15, -0.1) is 0 Å². The van der Waals surface area contributed by atoms with Crippen LogP contribution >= 0.6 is 15.9 Å². The van der Waals surface area contributed by atoms with Crippen LogP contribution < -0.4 is 0 Å². The summed E-state index contributed by atoms with van der Waals surface area (Å²) in [5, 5.41) is 9.63. The van der Waals surface area contributed by atoms with E-state index in [9.17, 15) is 9.90 Å². The number of pyridine rings is 1. The van der Waals surface area contributed by atoms with Crippen LogP contribution in [-0.2, 0) is 16.6 Å². The molecule has 2 rings (SSSR count). The van der Waals surface area contributed by atoms with Crippen LogP contribution in [0.5, 0.6) is 0 Å². The van der Waals surface area contributed by atoms with Gasteiger partial charge >= 0.3 is 5.97 Å². The fraction of sp³-hybridized carbons (Fsp3) is 0.200. The number of rotatable bonds is 4. The van der Waals surface area contributed by atoms with Gasteiger partial charge in [-0.3, -0.25) is 9.78 Å². The maximum absolute atomic E-state index is 11.7. The summed E-state index contributed by atoms with van der Waals surface area (Å²) in [6.07, 6.45) is 3.79. The summed E-state index contributed by atoms with van der Waals surface area (Å²) in [4.78, 5) is 15.8. The molecule has 1 aromatic carbocycles. The van der Waals surface area contributed by atoms with Crippen molar-refractivity contribution < 1.29 is 9.90 Å². The van der Waals surface area contributed by atoms with E-state index in [0.717, 1.165) is 15.6 Å². The molecular weight excluding hydrogens is 306 g/mol. The smallest absolute Gasteiger partial charge is 0.314 e. The van der Waals surface area contributed by atoms with Crippen LogP contribution in [0, 0.1) is 0 Å². The zero-order valence-corrected chi connectivity index (χ0v) is 12.1. The molecule has 0 fully saturated rings. The molecule has 2 aromatic rings. The number of aromatic nitrogens is 1. The van der Waals surface area contributed by atoms with Gasteiger partial charge in [-0.05, 0) is 36.6 Å². The normalized spacial score (nSPS) is 13.8. The van der Waals surface area contributed by atoms with E-state index in [0.29, 0.717) is 6.42 Å². The van der Waals surface area contributed by atoms with Crippen molar-refractivity contribution in [2.75, 3.05) is 0 Å². The molecular formula is C15H14BrNO2. The zero-order valence-electron chi connectivity index (χ0n) is 10.5. The highest BCUT2D eigenvalue weighted by Crippen LogP contribution is 2.33. The van der Waals surface area contributed by atoms with Crippen molar-refractivity contribution in [3.05, 3.63) is 64.4 Å². The Kier molecular flexibility index (Phi) is 4.00. The van der Waals surface area contributed by atoms with Crippen LogP contribution in [0.3, 0.4) is 0 Å². The molecule has 1 aromatic heterocycles. The Morgan fingerprint density at radius 2 is 2.05 bits per heavy atom. The second kappa shape index (κ2) is 5.53. The molecule has 0 aliphatic heterocycles. The lowest BCUT2D eigenvalue weighted by Crippen LogP contribution is -2.35. The van der Waals surface area contributed by atoms with Crippen molar-refractivity contribution in [3.63, 3.8) is 0 Å². The van der Waals surface area contributed by atoms with Gasteiger partial charge in [0.1, 0.15) is 0 Å². The summed E-state index contributed by atoms with van der Waals surface area (Å²) < 4.78 is 0.809. The molecule has 1 unspecified atom stereocenters. The lowest BCUT2D eigenvalue weighted by atomic mass is 9.77. The van der Waals surface area contributed by atoms with Crippen LogP contribution in [0.4, 0.5) is 0 Å². The number of carbonyl (C=O) groups is 1. The number of benzene rings is 1. The summed E-state index contributed by atoms with van der Waals surface area (Å²) in [5.74, 6) is -0.844. The summed E-state index contributed by atoms with van der Waals surface area (Å²) in [6, 6.07) is 11.1. The Hall–Kier alpha value is -1.68. The largest absolute Gasteiger partial charge is 0.481 e. The van der Waals surface area contributed by atoms with Crippen molar-refractivity contribution >= 4 is 21.9 Å².